The van der Waals surface area contributed by atoms with Crippen LogP contribution in [0, 0.1) is 5.82 Å². The molecule has 0 bridgehead atoms. The van der Waals surface area contributed by atoms with Gasteiger partial charge in [0.1, 0.15) is 28.5 Å². The van der Waals surface area contributed by atoms with Crippen LogP contribution < -0.4 is 15.0 Å². The lowest BCUT2D eigenvalue weighted by Crippen LogP contribution is -2.64. The van der Waals surface area contributed by atoms with Crippen LogP contribution in [-0.4, -0.2) is 34.2 Å². The number of rotatable bonds is 6. The van der Waals surface area contributed by atoms with Crippen molar-refractivity contribution in [2.24, 2.45) is 0 Å². The number of carbonyl (C=O) groups excluding carboxylic acids is 2. The summed E-state index contributed by atoms with van der Waals surface area (Å²) in [5, 5.41) is 7.44. The maximum Gasteiger partial charge on any atom is 0.277 e. The molecule has 9 heteroatoms. The van der Waals surface area contributed by atoms with Gasteiger partial charge in [-0.1, -0.05) is 24.3 Å². The summed E-state index contributed by atoms with van der Waals surface area (Å²) >= 11 is 0. The highest BCUT2D eigenvalue weighted by Gasteiger charge is 2.49. The maximum atomic E-state index is 13.9. The Balaban J connectivity index is 1.55. The molecule has 1 N–H and O–H groups in total. The first-order valence-electron chi connectivity index (χ1n) is 11.0. The predicted octanol–water partition coefficient (Wildman–Crippen LogP) is 4.03. The van der Waals surface area contributed by atoms with Gasteiger partial charge in [-0.05, 0) is 48.9 Å². The number of ether oxygens (including phenoxy) is 1. The minimum Gasteiger partial charge on any atom is -0.495 e. The second-order valence-corrected chi connectivity index (χ2v) is 8.45. The van der Waals surface area contributed by atoms with Crippen LogP contribution in [-0.2, 0) is 17.9 Å². The first-order chi connectivity index (χ1) is 16.9. The number of aromatic nitrogens is 2. The van der Waals surface area contributed by atoms with Crippen molar-refractivity contribution in [1.29, 1.82) is 0 Å². The molecule has 0 unspecified atom stereocenters. The number of hydrogen-bond acceptors (Lipinski definition) is 5. The average molecular weight is 474 g/mol. The number of fused-ring (bicyclic) bond motifs is 1. The lowest BCUT2D eigenvalue weighted by atomic mass is 9.93. The predicted molar refractivity (Wildman–Crippen MR) is 126 cm³/mol. The Kier molecular flexibility index (Phi) is 5.60. The number of nitrogens with one attached hydrogen (secondary N) is 1. The minimum atomic E-state index is -1.34. The Hall–Kier alpha value is -4.40. The molecule has 5 rings (SSSR count). The number of anilines is 1. The van der Waals surface area contributed by atoms with Crippen molar-refractivity contribution in [1.82, 2.24) is 15.1 Å². The van der Waals surface area contributed by atoms with Gasteiger partial charge in [-0.2, -0.15) is 5.10 Å². The summed E-state index contributed by atoms with van der Waals surface area (Å²) < 4.78 is 25.8. The number of halogens is 1. The summed E-state index contributed by atoms with van der Waals surface area (Å²) in [7, 11) is 1.51. The number of carbonyl (C=O) groups is 2. The van der Waals surface area contributed by atoms with Gasteiger partial charge in [0, 0.05) is 12.6 Å². The second kappa shape index (κ2) is 8.75. The van der Waals surface area contributed by atoms with Crippen LogP contribution in [0.25, 0.3) is 11.5 Å². The summed E-state index contributed by atoms with van der Waals surface area (Å²) in [6.45, 7) is 1.96. The van der Waals surface area contributed by atoms with Crippen molar-refractivity contribution < 1.29 is 23.1 Å². The average Bonchev–Trinajstić information content (AvgIpc) is 3.54. The molecule has 2 aromatic carbocycles. The molecule has 0 aliphatic carbocycles. The number of hydrogen-bond donors (Lipinski definition) is 1. The van der Waals surface area contributed by atoms with E-state index < -0.39 is 11.4 Å². The first kappa shape index (κ1) is 22.4. The molecule has 178 valence electrons. The molecule has 8 nitrogen and oxygen atoms in total. The van der Waals surface area contributed by atoms with E-state index in [2.05, 4.69) is 10.4 Å². The Morgan fingerprint density at radius 1 is 1.17 bits per heavy atom. The Bertz CT molecular complexity index is 1380. The van der Waals surface area contributed by atoms with E-state index in [1.54, 1.807) is 61.5 Å². The van der Waals surface area contributed by atoms with E-state index in [1.165, 1.54) is 35.1 Å². The van der Waals surface area contributed by atoms with Crippen molar-refractivity contribution in [2.75, 3.05) is 12.0 Å². The van der Waals surface area contributed by atoms with Crippen molar-refractivity contribution in [3.63, 3.8) is 0 Å². The highest BCUT2D eigenvalue weighted by molar-refractivity contribution is 6.12. The Morgan fingerprint density at radius 3 is 2.66 bits per heavy atom. The smallest absolute Gasteiger partial charge is 0.277 e. The van der Waals surface area contributed by atoms with Gasteiger partial charge in [0.2, 0.25) is 5.91 Å². The summed E-state index contributed by atoms with van der Waals surface area (Å²) in [4.78, 5) is 29.0. The molecule has 4 aromatic rings. The number of para-hydroxylation sites is 2. The zero-order chi connectivity index (χ0) is 24.6. The standard InChI is InChI=1S/C26H23FN4O4/c1-26(25(33)28-15-17-9-11-18(27)12-10-17)16-30-21(14-19(29-30)22-8-5-13-35-22)24(32)31(26)20-6-3-4-7-23(20)34-2/h3-14H,15-16H2,1-2H3,(H,28,33)/t26-/m0/s1. The highest BCUT2D eigenvalue weighted by atomic mass is 19.1. The van der Waals surface area contributed by atoms with Gasteiger partial charge in [-0.15, -0.1) is 0 Å². The molecule has 0 radical (unpaired) electrons. The Labute approximate surface area is 200 Å². The van der Waals surface area contributed by atoms with Crippen LogP contribution >= 0.6 is 0 Å². The summed E-state index contributed by atoms with van der Waals surface area (Å²) in [6, 6.07) is 18.1. The lowest BCUT2D eigenvalue weighted by Gasteiger charge is -2.43. The van der Waals surface area contributed by atoms with Gasteiger partial charge >= 0.3 is 0 Å². The maximum absolute atomic E-state index is 13.9. The SMILES string of the molecule is COc1ccccc1N1C(=O)c2cc(-c3ccco3)nn2C[C@@]1(C)C(=O)NCc1ccc(F)cc1. The van der Waals surface area contributed by atoms with E-state index in [-0.39, 0.29) is 24.8 Å². The third-order valence-electron chi connectivity index (χ3n) is 6.11. The van der Waals surface area contributed by atoms with E-state index in [0.717, 1.165) is 5.56 Å². The van der Waals surface area contributed by atoms with Gasteiger partial charge in [0.25, 0.3) is 5.91 Å². The van der Waals surface area contributed by atoms with Gasteiger partial charge in [-0.25, -0.2) is 4.39 Å². The molecule has 0 fully saturated rings. The van der Waals surface area contributed by atoms with Crippen LogP contribution in [0.3, 0.4) is 0 Å². The molecule has 2 amide bonds. The van der Waals surface area contributed by atoms with Crippen LogP contribution in [0.4, 0.5) is 10.1 Å². The zero-order valence-electron chi connectivity index (χ0n) is 19.2. The second-order valence-electron chi connectivity index (χ2n) is 8.45. The molecule has 0 saturated carbocycles. The van der Waals surface area contributed by atoms with Crippen molar-refractivity contribution in [2.45, 2.75) is 25.6 Å². The molecule has 1 aliphatic heterocycles. The van der Waals surface area contributed by atoms with Crippen molar-refractivity contribution in [3.8, 4) is 17.2 Å². The lowest BCUT2D eigenvalue weighted by molar-refractivity contribution is -0.126. The normalized spacial score (nSPS) is 17.2. The fourth-order valence-electron chi connectivity index (χ4n) is 4.29. The molecule has 2 aromatic heterocycles. The highest BCUT2D eigenvalue weighted by Crippen LogP contribution is 2.38. The molecule has 1 aliphatic rings. The Morgan fingerprint density at radius 2 is 1.94 bits per heavy atom. The van der Waals surface area contributed by atoms with E-state index in [0.29, 0.717) is 28.6 Å². The minimum absolute atomic E-state index is 0.0993. The van der Waals surface area contributed by atoms with E-state index in [9.17, 15) is 14.0 Å². The monoisotopic (exact) mass is 474 g/mol. The fourth-order valence-corrected chi connectivity index (χ4v) is 4.29. The number of nitrogens with zero attached hydrogens (tertiary/aromatic N) is 3. The van der Waals surface area contributed by atoms with E-state index in [1.807, 2.05) is 0 Å². The van der Waals surface area contributed by atoms with Gasteiger partial charge < -0.3 is 14.5 Å². The van der Waals surface area contributed by atoms with E-state index in [4.69, 9.17) is 9.15 Å². The van der Waals surface area contributed by atoms with E-state index >= 15 is 0 Å². The summed E-state index contributed by atoms with van der Waals surface area (Å²) in [6.07, 6.45) is 1.53. The quantitative estimate of drug-likeness (QED) is 0.456. The number of benzene rings is 2. The third kappa shape index (κ3) is 3.95. The largest absolute Gasteiger partial charge is 0.495 e. The zero-order valence-corrected chi connectivity index (χ0v) is 19.2. The van der Waals surface area contributed by atoms with Gasteiger partial charge in [0.15, 0.2) is 5.76 Å². The first-order valence-corrected chi connectivity index (χ1v) is 11.0. The van der Waals surface area contributed by atoms with Crippen LogP contribution in [0.1, 0.15) is 23.0 Å². The number of methoxy groups -OCH3 is 1. The number of amides is 2. The van der Waals surface area contributed by atoms with Crippen molar-refractivity contribution >= 4 is 17.5 Å². The molecule has 0 spiro atoms. The summed E-state index contributed by atoms with van der Waals surface area (Å²) in [5.41, 5.74) is 0.673. The molecule has 1 atom stereocenters. The van der Waals surface area contributed by atoms with Gasteiger partial charge in [0.05, 0.1) is 25.6 Å². The van der Waals surface area contributed by atoms with Crippen LogP contribution in [0.15, 0.2) is 77.4 Å². The molecular weight excluding hydrogens is 451 g/mol. The topological polar surface area (TPSA) is 89.6 Å². The van der Waals surface area contributed by atoms with Crippen LogP contribution in [0.5, 0.6) is 5.75 Å². The summed E-state index contributed by atoms with van der Waals surface area (Å²) in [5.74, 6) is -0.165. The van der Waals surface area contributed by atoms with Gasteiger partial charge in [-0.3, -0.25) is 19.2 Å². The molecule has 0 saturated heterocycles. The third-order valence-corrected chi connectivity index (χ3v) is 6.11. The number of furan rings is 1. The molecular formula is C26H23FN4O4. The molecule has 3 heterocycles. The van der Waals surface area contributed by atoms with Crippen molar-refractivity contribution in [3.05, 3.63) is 90.1 Å². The fraction of sp³-hybridized carbons (Fsp3) is 0.192. The van der Waals surface area contributed by atoms with Crippen LogP contribution in [0.2, 0.25) is 0 Å². The molecule has 35 heavy (non-hydrogen) atoms.